The van der Waals surface area contributed by atoms with E-state index < -0.39 is 10.0 Å². The van der Waals surface area contributed by atoms with Crippen molar-refractivity contribution in [3.8, 4) is 0 Å². The molecule has 112 valence electrons. The fraction of sp³-hybridized carbons (Fsp3) is 0.0833. The highest BCUT2D eigenvalue weighted by molar-refractivity contribution is 7.89. The minimum absolute atomic E-state index is 0.0144. The number of nitrogens with two attached hydrogens (primary N) is 1. The number of hydrogen-bond acceptors (Lipinski definition) is 3. The second-order valence-electron chi connectivity index (χ2n) is 4.22. The van der Waals surface area contributed by atoms with Crippen molar-refractivity contribution < 1.29 is 13.2 Å². The van der Waals surface area contributed by atoms with Crippen molar-refractivity contribution in [3.63, 3.8) is 0 Å². The number of sulfonamides is 1. The highest BCUT2D eigenvalue weighted by Gasteiger charge is 2.11. The van der Waals surface area contributed by atoms with E-state index >= 15 is 0 Å². The van der Waals surface area contributed by atoms with Gasteiger partial charge in [0.15, 0.2) is 0 Å². The molecule has 2 rings (SSSR count). The molecule has 6 nitrogen and oxygen atoms in total. The van der Waals surface area contributed by atoms with Gasteiger partial charge in [0.1, 0.15) is 10.8 Å². The molecule has 1 amide bonds. The SMILES string of the molecule is NS(=O)(=O)c1ccc(CNC(=O)c2cc(Cl)c(Cl)[nH]2)cc1. The fourth-order valence-corrected chi connectivity index (χ4v) is 2.43. The van der Waals surface area contributed by atoms with Crippen molar-refractivity contribution in [1.82, 2.24) is 10.3 Å². The van der Waals surface area contributed by atoms with Crippen LogP contribution < -0.4 is 10.5 Å². The maximum atomic E-state index is 11.8. The van der Waals surface area contributed by atoms with Gasteiger partial charge in [-0.05, 0) is 23.8 Å². The zero-order valence-electron chi connectivity index (χ0n) is 10.6. The van der Waals surface area contributed by atoms with Gasteiger partial charge >= 0.3 is 0 Å². The molecule has 9 heteroatoms. The van der Waals surface area contributed by atoms with E-state index in [0.29, 0.717) is 0 Å². The van der Waals surface area contributed by atoms with Crippen LogP contribution in [0.25, 0.3) is 0 Å². The molecule has 21 heavy (non-hydrogen) atoms. The van der Waals surface area contributed by atoms with Gasteiger partial charge in [0.25, 0.3) is 5.91 Å². The fourth-order valence-electron chi connectivity index (χ4n) is 1.60. The molecule has 1 aromatic heterocycles. The second-order valence-corrected chi connectivity index (χ2v) is 6.56. The number of primary sulfonamides is 1. The average molecular weight is 348 g/mol. The van der Waals surface area contributed by atoms with Gasteiger partial charge in [-0.1, -0.05) is 35.3 Å². The first-order chi connectivity index (χ1) is 9.77. The number of benzene rings is 1. The predicted octanol–water partition coefficient (Wildman–Crippen LogP) is 1.90. The Hall–Kier alpha value is -1.54. The Morgan fingerprint density at radius 1 is 1.24 bits per heavy atom. The summed E-state index contributed by atoms with van der Waals surface area (Å²) in [6.07, 6.45) is 0. The molecule has 0 aliphatic rings. The average Bonchev–Trinajstić information content (AvgIpc) is 2.75. The van der Waals surface area contributed by atoms with Gasteiger partial charge in [0.2, 0.25) is 10.0 Å². The summed E-state index contributed by atoms with van der Waals surface area (Å²) in [4.78, 5) is 14.5. The summed E-state index contributed by atoms with van der Waals surface area (Å²) >= 11 is 11.5. The van der Waals surface area contributed by atoms with Crippen LogP contribution in [0.2, 0.25) is 10.2 Å². The molecule has 0 atom stereocenters. The first kappa shape index (κ1) is 15.8. The number of H-pyrrole nitrogens is 1. The largest absolute Gasteiger partial charge is 0.347 e. The van der Waals surface area contributed by atoms with Crippen LogP contribution >= 0.6 is 23.2 Å². The predicted molar refractivity (Wildman–Crippen MR) is 79.8 cm³/mol. The van der Waals surface area contributed by atoms with Crippen LogP contribution in [0.5, 0.6) is 0 Å². The van der Waals surface area contributed by atoms with E-state index in [0.717, 1.165) is 5.56 Å². The Labute approximate surface area is 131 Å². The highest BCUT2D eigenvalue weighted by Crippen LogP contribution is 2.21. The van der Waals surface area contributed by atoms with Crippen LogP contribution in [0.1, 0.15) is 16.1 Å². The molecule has 0 unspecified atom stereocenters. The molecule has 0 aliphatic carbocycles. The number of carbonyl (C=O) groups excluding carboxylic acids is 1. The standard InChI is InChI=1S/C12H11Cl2N3O3S/c13-9-5-10(17-11(9)14)12(18)16-6-7-1-3-8(4-2-7)21(15,19)20/h1-5,17H,6H2,(H,16,18)(H2,15,19,20). The molecule has 0 saturated carbocycles. The Bertz CT molecular complexity index is 750. The Morgan fingerprint density at radius 3 is 2.33 bits per heavy atom. The molecule has 0 saturated heterocycles. The minimum Gasteiger partial charge on any atom is -0.347 e. The number of carbonyl (C=O) groups is 1. The lowest BCUT2D eigenvalue weighted by Gasteiger charge is -2.05. The number of aromatic amines is 1. The van der Waals surface area contributed by atoms with E-state index in [-0.39, 0.29) is 33.2 Å². The minimum atomic E-state index is -3.72. The number of rotatable bonds is 4. The van der Waals surface area contributed by atoms with E-state index in [9.17, 15) is 13.2 Å². The van der Waals surface area contributed by atoms with Gasteiger partial charge in [-0.3, -0.25) is 4.79 Å². The number of halogens is 2. The van der Waals surface area contributed by atoms with Gasteiger partial charge in [0.05, 0.1) is 9.92 Å². The van der Waals surface area contributed by atoms with Crippen LogP contribution in [0.15, 0.2) is 35.2 Å². The second kappa shape index (κ2) is 6.07. The van der Waals surface area contributed by atoms with Crippen molar-refractivity contribution in [2.45, 2.75) is 11.4 Å². The summed E-state index contributed by atoms with van der Waals surface area (Å²) in [5.41, 5.74) is 0.964. The molecule has 0 fully saturated rings. The molecule has 0 radical (unpaired) electrons. The molecular weight excluding hydrogens is 337 g/mol. The smallest absolute Gasteiger partial charge is 0.268 e. The number of nitrogens with one attached hydrogen (secondary N) is 2. The normalized spacial score (nSPS) is 11.4. The van der Waals surface area contributed by atoms with Crippen LogP contribution in [-0.2, 0) is 16.6 Å². The lowest BCUT2D eigenvalue weighted by molar-refractivity contribution is 0.0946. The summed E-state index contributed by atoms with van der Waals surface area (Å²) in [7, 11) is -3.72. The third-order valence-corrected chi connectivity index (χ3v) is 4.30. The monoisotopic (exact) mass is 347 g/mol. The van der Waals surface area contributed by atoms with Gasteiger partial charge in [-0.2, -0.15) is 0 Å². The number of aromatic nitrogens is 1. The summed E-state index contributed by atoms with van der Waals surface area (Å²) < 4.78 is 22.2. The van der Waals surface area contributed by atoms with E-state index in [4.69, 9.17) is 28.3 Å². The third kappa shape index (κ3) is 3.98. The molecule has 0 spiro atoms. The Kier molecular flexibility index (Phi) is 4.58. The molecule has 1 aromatic carbocycles. The first-order valence-corrected chi connectivity index (χ1v) is 8.01. The summed E-state index contributed by atoms with van der Waals surface area (Å²) in [6, 6.07) is 7.30. The van der Waals surface area contributed by atoms with Crippen molar-refractivity contribution in [2.75, 3.05) is 0 Å². The first-order valence-electron chi connectivity index (χ1n) is 5.71. The van der Waals surface area contributed by atoms with Crippen LogP contribution in [0.4, 0.5) is 0 Å². The zero-order chi connectivity index (χ0) is 15.6. The van der Waals surface area contributed by atoms with Crippen LogP contribution in [-0.4, -0.2) is 19.3 Å². The lowest BCUT2D eigenvalue weighted by atomic mass is 10.2. The van der Waals surface area contributed by atoms with E-state index in [1.54, 1.807) is 12.1 Å². The van der Waals surface area contributed by atoms with E-state index in [1.807, 2.05) is 0 Å². The van der Waals surface area contributed by atoms with E-state index in [2.05, 4.69) is 10.3 Å². The Balaban J connectivity index is 2.01. The number of hydrogen-bond donors (Lipinski definition) is 3. The quantitative estimate of drug-likeness (QED) is 0.786. The Morgan fingerprint density at radius 2 is 1.86 bits per heavy atom. The van der Waals surface area contributed by atoms with E-state index in [1.165, 1.54) is 18.2 Å². The molecule has 2 aromatic rings. The summed E-state index contributed by atoms with van der Waals surface area (Å²) in [5.74, 6) is -0.376. The molecular formula is C12H11Cl2N3O3S. The summed E-state index contributed by atoms with van der Waals surface area (Å²) in [5, 5.41) is 8.10. The third-order valence-electron chi connectivity index (χ3n) is 2.67. The molecule has 4 N–H and O–H groups in total. The molecule has 0 aliphatic heterocycles. The van der Waals surface area contributed by atoms with Gasteiger partial charge in [-0.15, -0.1) is 0 Å². The lowest BCUT2D eigenvalue weighted by Crippen LogP contribution is -2.23. The maximum absolute atomic E-state index is 11.8. The topological polar surface area (TPSA) is 105 Å². The zero-order valence-corrected chi connectivity index (χ0v) is 12.9. The van der Waals surface area contributed by atoms with Crippen molar-refractivity contribution in [1.29, 1.82) is 0 Å². The van der Waals surface area contributed by atoms with Crippen molar-refractivity contribution in [2.24, 2.45) is 5.14 Å². The van der Waals surface area contributed by atoms with Crippen LogP contribution in [0.3, 0.4) is 0 Å². The summed E-state index contributed by atoms with van der Waals surface area (Å²) in [6.45, 7) is 0.220. The highest BCUT2D eigenvalue weighted by atomic mass is 35.5. The number of amides is 1. The maximum Gasteiger partial charge on any atom is 0.268 e. The van der Waals surface area contributed by atoms with Gasteiger partial charge < -0.3 is 10.3 Å². The van der Waals surface area contributed by atoms with Crippen LogP contribution in [0, 0.1) is 0 Å². The van der Waals surface area contributed by atoms with Gasteiger partial charge in [-0.25, -0.2) is 13.6 Å². The molecule has 0 bridgehead atoms. The molecule has 1 heterocycles. The van der Waals surface area contributed by atoms with Crippen molar-refractivity contribution in [3.05, 3.63) is 51.8 Å². The van der Waals surface area contributed by atoms with Crippen molar-refractivity contribution >= 4 is 39.1 Å². The van der Waals surface area contributed by atoms with Gasteiger partial charge in [0, 0.05) is 6.54 Å².